The topological polar surface area (TPSA) is 44.5 Å². The number of rotatable bonds is 2. The molecular weight excluding hydrogens is 250 g/mol. The average Bonchev–Trinajstić information content (AvgIpc) is 2.83. The standard InChI is InChI=1S/C17H27NO2/c18-16(15-13-10-1-2-11(7-10)14(13)15)12-3-5-20-17(8-12)4-6-19-9-17/h10-16H,1-9,18H2. The Kier molecular flexibility index (Phi) is 2.61. The Hall–Kier alpha value is -0.120. The molecule has 0 aromatic heterocycles. The molecule has 7 unspecified atom stereocenters. The van der Waals surface area contributed by atoms with Gasteiger partial charge in [-0.2, -0.15) is 0 Å². The van der Waals surface area contributed by atoms with E-state index >= 15 is 0 Å². The zero-order valence-electron chi connectivity index (χ0n) is 12.3. The molecule has 2 saturated heterocycles. The van der Waals surface area contributed by atoms with Crippen molar-refractivity contribution < 1.29 is 9.47 Å². The van der Waals surface area contributed by atoms with Crippen LogP contribution in [0.15, 0.2) is 0 Å². The summed E-state index contributed by atoms with van der Waals surface area (Å²) >= 11 is 0. The van der Waals surface area contributed by atoms with Crippen LogP contribution in [0.3, 0.4) is 0 Å². The van der Waals surface area contributed by atoms with E-state index in [1.54, 1.807) is 0 Å². The van der Waals surface area contributed by atoms with Crippen LogP contribution < -0.4 is 5.73 Å². The first-order valence-corrected chi connectivity index (χ1v) is 8.75. The Morgan fingerprint density at radius 3 is 2.55 bits per heavy atom. The number of nitrogens with two attached hydrogens (primary N) is 1. The SMILES string of the molecule is NC(C1CCOC2(CCOC2)C1)C1C2C3CCC(C3)C21. The minimum Gasteiger partial charge on any atom is -0.378 e. The van der Waals surface area contributed by atoms with Crippen molar-refractivity contribution in [1.82, 2.24) is 0 Å². The first-order valence-electron chi connectivity index (χ1n) is 8.75. The summed E-state index contributed by atoms with van der Waals surface area (Å²) in [6.07, 6.45) is 7.94. The van der Waals surface area contributed by atoms with Crippen molar-refractivity contribution in [3.05, 3.63) is 0 Å². The first-order chi connectivity index (χ1) is 9.77. The lowest BCUT2D eigenvalue weighted by molar-refractivity contribution is -0.103. The van der Waals surface area contributed by atoms with Crippen LogP contribution in [0.25, 0.3) is 0 Å². The molecule has 5 rings (SSSR count). The van der Waals surface area contributed by atoms with Crippen LogP contribution in [0, 0.1) is 35.5 Å². The molecule has 20 heavy (non-hydrogen) atoms. The Morgan fingerprint density at radius 1 is 1.05 bits per heavy atom. The summed E-state index contributed by atoms with van der Waals surface area (Å²) in [5.41, 5.74) is 6.78. The van der Waals surface area contributed by atoms with Crippen molar-refractivity contribution >= 4 is 0 Å². The van der Waals surface area contributed by atoms with Crippen LogP contribution in [0.1, 0.15) is 38.5 Å². The van der Waals surface area contributed by atoms with Crippen molar-refractivity contribution in [2.75, 3.05) is 19.8 Å². The molecule has 3 saturated carbocycles. The highest BCUT2D eigenvalue weighted by Gasteiger charge is 2.67. The van der Waals surface area contributed by atoms with E-state index in [1.165, 1.54) is 25.7 Å². The summed E-state index contributed by atoms with van der Waals surface area (Å²) in [5, 5.41) is 0. The Labute approximate surface area is 121 Å². The molecule has 5 fully saturated rings. The highest BCUT2D eigenvalue weighted by molar-refractivity contribution is 5.16. The summed E-state index contributed by atoms with van der Waals surface area (Å²) in [6, 6.07) is 0.440. The Morgan fingerprint density at radius 2 is 1.85 bits per heavy atom. The fourth-order valence-corrected chi connectivity index (χ4v) is 6.48. The molecule has 2 N–H and O–H groups in total. The molecule has 3 heteroatoms. The molecule has 112 valence electrons. The van der Waals surface area contributed by atoms with Gasteiger partial charge in [0, 0.05) is 25.7 Å². The van der Waals surface area contributed by atoms with Crippen LogP contribution in [0.2, 0.25) is 0 Å². The first kappa shape index (κ1) is 12.4. The minimum absolute atomic E-state index is 0.0313. The van der Waals surface area contributed by atoms with Gasteiger partial charge in [-0.05, 0) is 67.6 Å². The molecule has 1 spiro atoms. The molecule has 2 bridgehead atoms. The van der Waals surface area contributed by atoms with E-state index in [0.29, 0.717) is 12.0 Å². The zero-order chi connectivity index (χ0) is 13.3. The van der Waals surface area contributed by atoms with Gasteiger partial charge in [0.25, 0.3) is 0 Å². The van der Waals surface area contributed by atoms with Crippen molar-refractivity contribution in [1.29, 1.82) is 0 Å². The van der Waals surface area contributed by atoms with Crippen LogP contribution >= 0.6 is 0 Å². The predicted octanol–water partition coefficient (Wildman–Crippen LogP) is 2.19. The van der Waals surface area contributed by atoms with Gasteiger partial charge in [-0.15, -0.1) is 0 Å². The zero-order valence-corrected chi connectivity index (χ0v) is 12.3. The molecule has 0 aromatic carbocycles. The normalized spacial score (nSPS) is 58.0. The lowest BCUT2D eigenvalue weighted by Crippen LogP contribution is -2.47. The third-order valence-corrected chi connectivity index (χ3v) is 7.38. The molecule has 0 aromatic rings. The van der Waals surface area contributed by atoms with E-state index in [2.05, 4.69) is 0 Å². The van der Waals surface area contributed by atoms with E-state index in [1.807, 2.05) is 0 Å². The fourth-order valence-electron chi connectivity index (χ4n) is 6.48. The summed E-state index contributed by atoms with van der Waals surface area (Å²) in [5.74, 6) is 5.67. The van der Waals surface area contributed by atoms with Crippen molar-refractivity contribution in [2.24, 2.45) is 41.2 Å². The molecule has 5 aliphatic rings. The molecule has 0 amide bonds. The maximum atomic E-state index is 6.75. The summed E-state index contributed by atoms with van der Waals surface area (Å²) in [7, 11) is 0. The van der Waals surface area contributed by atoms with Gasteiger partial charge in [0.1, 0.15) is 0 Å². The van der Waals surface area contributed by atoms with Gasteiger partial charge >= 0.3 is 0 Å². The molecule has 3 nitrogen and oxygen atoms in total. The number of ether oxygens (including phenoxy) is 2. The van der Waals surface area contributed by atoms with Crippen molar-refractivity contribution in [2.45, 2.75) is 50.2 Å². The summed E-state index contributed by atoms with van der Waals surface area (Å²) < 4.78 is 11.7. The second-order valence-corrected chi connectivity index (χ2v) is 8.23. The van der Waals surface area contributed by atoms with Gasteiger partial charge in [-0.3, -0.25) is 0 Å². The number of hydrogen-bond donors (Lipinski definition) is 1. The van der Waals surface area contributed by atoms with Crippen LogP contribution in [-0.2, 0) is 9.47 Å². The summed E-state index contributed by atoms with van der Waals surface area (Å²) in [4.78, 5) is 0. The Bertz CT molecular complexity index is 390. The maximum absolute atomic E-state index is 6.75. The maximum Gasteiger partial charge on any atom is 0.0939 e. The average molecular weight is 277 g/mol. The van der Waals surface area contributed by atoms with E-state index in [-0.39, 0.29) is 5.60 Å². The number of fused-ring (bicyclic) bond motifs is 5. The lowest BCUT2D eigenvalue weighted by Gasteiger charge is -2.40. The third-order valence-electron chi connectivity index (χ3n) is 7.38. The van der Waals surface area contributed by atoms with E-state index < -0.39 is 0 Å². The van der Waals surface area contributed by atoms with E-state index in [4.69, 9.17) is 15.2 Å². The third kappa shape index (κ3) is 1.63. The molecule has 7 atom stereocenters. The minimum atomic E-state index is 0.0313. The number of hydrogen-bond acceptors (Lipinski definition) is 3. The highest BCUT2D eigenvalue weighted by atomic mass is 16.6. The largest absolute Gasteiger partial charge is 0.378 e. The smallest absolute Gasteiger partial charge is 0.0939 e. The van der Waals surface area contributed by atoms with E-state index in [0.717, 1.165) is 62.3 Å². The predicted molar refractivity (Wildman–Crippen MR) is 76.1 cm³/mol. The molecule has 0 radical (unpaired) electrons. The molecule has 3 aliphatic carbocycles. The Balaban J connectivity index is 1.29. The second-order valence-electron chi connectivity index (χ2n) is 8.23. The van der Waals surface area contributed by atoms with Crippen LogP contribution in [0.5, 0.6) is 0 Å². The lowest BCUT2D eigenvalue weighted by atomic mass is 9.78. The van der Waals surface area contributed by atoms with Gasteiger partial charge in [-0.1, -0.05) is 0 Å². The van der Waals surface area contributed by atoms with Crippen molar-refractivity contribution in [3.8, 4) is 0 Å². The monoisotopic (exact) mass is 277 g/mol. The van der Waals surface area contributed by atoms with Crippen LogP contribution in [-0.4, -0.2) is 31.5 Å². The van der Waals surface area contributed by atoms with Gasteiger partial charge < -0.3 is 15.2 Å². The van der Waals surface area contributed by atoms with Gasteiger partial charge in [0.2, 0.25) is 0 Å². The molecular formula is C17H27NO2. The molecule has 2 aliphatic heterocycles. The van der Waals surface area contributed by atoms with Gasteiger partial charge in [0.15, 0.2) is 0 Å². The van der Waals surface area contributed by atoms with Gasteiger partial charge in [-0.25, -0.2) is 0 Å². The second kappa shape index (κ2) is 4.21. The van der Waals surface area contributed by atoms with Crippen LogP contribution in [0.4, 0.5) is 0 Å². The highest BCUT2D eigenvalue weighted by Crippen LogP contribution is 2.70. The van der Waals surface area contributed by atoms with Crippen molar-refractivity contribution in [3.63, 3.8) is 0 Å². The fraction of sp³-hybridized carbons (Fsp3) is 1.00. The van der Waals surface area contributed by atoms with E-state index in [9.17, 15) is 0 Å². The van der Waals surface area contributed by atoms with Gasteiger partial charge in [0.05, 0.1) is 12.2 Å². The quantitative estimate of drug-likeness (QED) is 0.841. The molecule has 2 heterocycles. The summed E-state index contributed by atoms with van der Waals surface area (Å²) in [6.45, 7) is 2.58.